The third-order valence-electron chi connectivity index (χ3n) is 2.38. The number of carbonyl (C=O) groups is 2. The lowest BCUT2D eigenvalue weighted by Crippen LogP contribution is -2.37. The highest BCUT2D eigenvalue weighted by Gasteiger charge is 2.27. The van der Waals surface area contributed by atoms with Gasteiger partial charge in [-0.15, -0.1) is 0 Å². The van der Waals surface area contributed by atoms with Gasteiger partial charge in [-0.2, -0.15) is 0 Å². The van der Waals surface area contributed by atoms with Gasteiger partial charge in [-0.1, -0.05) is 0 Å². The van der Waals surface area contributed by atoms with Crippen LogP contribution in [-0.4, -0.2) is 24.0 Å². The van der Waals surface area contributed by atoms with E-state index in [-0.39, 0.29) is 17.5 Å². The summed E-state index contributed by atoms with van der Waals surface area (Å²) < 4.78 is 10.4. The summed E-state index contributed by atoms with van der Waals surface area (Å²) in [5.41, 5.74) is 0.281. The monoisotopic (exact) mass is 301 g/mol. The molecule has 0 bridgehead atoms. The maximum absolute atomic E-state index is 11.6. The summed E-state index contributed by atoms with van der Waals surface area (Å²) >= 11 is 3.08. The average Bonchev–Trinajstić information content (AvgIpc) is 2.97. The summed E-state index contributed by atoms with van der Waals surface area (Å²) in [7, 11) is 0. The van der Waals surface area contributed by atoms with E-state index in [1.165, 1.54) is 12.3 Å². The van der Waals surface area contributed by atoms with Crippen LogP contribution in [0.15, 0.2) is 21.4 Å². The Labute approximate surface area is 107 Å². The second-order valence-electron chi connectivity index (χ2n) is 3.97. The van der Waals surface area contributed by atoms with Crippen molar-refractivity contribution in [2.45, 2.75) is 31.9 Å². The molecule has 2 rings (SSSR count). The highest BCUT2D eigenvalue weighted by Crippen LogP contribution is 2.19. The third kappa shape index (κ3) is 3.33. The second kappa shape index (κ2) is 4.91. The van der Waals surface area contributed by atoms with Gasteiger partial charge in [0.2, 0.25) is 0 Å². The van der Waals surface area contributed by atoms with Crippen LogP contribution in [0.25, 0.3) is 0 Å². The molecule has 6 heteroatoms. The molecule has 1 fully saturated rings. The van der Waals surface area contributed by atoms with E-state index in [4.69, 9.17) is 9.15 Å². The van der Waals surface area contributed by atoms with Crippen molar-refractivity contribution < 1.29 is 18.7 Å². The lowest BCUT2D eigenvalue weighted by Gasteiger charge is -2.12. The lowest BCUT2D eigenvalue weighted by molar-refractivity contribution is -0.129. The topological polar surface area (TPSA) is 68.5 Å². The molecule has 1 aliphatic carbocycles. The van der Waals surface area contributed by atoms with Gasteiger partial charge >= 0.3 is 5.97 Å². The van der Waals surface area contributed by atoms with Crippen molar-refractivity contribution in [3.05, 3.63) is 22.6 Å². The Hall–Kier alpha value is -1.30. The van der Waals surface area contributed by atoms with Crippen molar-refractivity contribution in [1.82, 2.24) is 5.32 Å². The zero-order valence-corrected chi connectivity index (χ0v) is 10.8. The highest BCUT2D eigenvalue weighted by molar-refractivity contribution is 9.10. The van der Waals surface area contributed by atoms with E-state index in [1.807, 2.05) is 0 Å². The van der Waals surface area contributed by atoms with Crippen LogP contribution < -0.4 is 5.32 Å². The molecule has 0 aromatic carbocycles. The van der Waals surface area contributed by atoms with Gasteiger partial charge in [-0.05, 0) is 35.7 Å². The summed E-state index contributed by atoms with van der Waals surface area (Å²) in [5, 5.41) is 2.77. The smallest absolute Gasteiger partial charge is 0.342 e. The van der Waals surface area contributed by atoms with Crippen molar-refractivity contribution in [3.8, 4) is 0 Å². The minimum absolute atomic E-state index is 0.256. The number of esters is 1. The third-order valence-corrected chi connectivity index (χ3v) is 2.80. The number of rotatable bonds is 4. The number of hydrogen-bond donors (Lipinski definition) is 1. The largest absolute Gasteiger partial charge is 0.457 e. The Bertz CT molecular complexity index is 438. The number of nitrogens with one attached hydrogen (secondary N) is 1. The first-order valence-corrected chi connectivity index (χ1v) is 6.11. The summed E-state index contributed by atoms with van der Waals surface area (Å²) in [5.74, 6) is -0.832. The van der Waals surface area contributed by atoms with Gasteiger partial charge in [-0.3, -0.25) is 4.79 Å². The first kappa shape index (κ1) is 12.2. The van der Waals surface area contributed by atoms with Crippen LogP contribution in [0, 0.1) is 0 Å². The van der Waals surface area contributed by atoms with Gasteiger partial charge in [0.25, 0.3) is 5.91 Å². The van der Waals surface area contributed by atoms with E-state index in [0.29, 0.717) is 4.67 Å². The summed E-state index contributed by atoms with van der Waals surface area (Å²) in [6, 6.07) is 1.75. The Morgan fingerprint density at radius 3 is 2.82 bits per heavy atom. The predicted octanol–water partition coefficient (Wildman–Crippen LogP) is 1.87. The highest BCUT2D eigenvalue weighted by atomic mass is 79.9. The SMILES string of the molecule is C[C@H](OC(=O)c1coc(Br)c1)C(=O)NC1CC1. The van der Waals surface area contributed by atoms with E-state index in [9.17, 15) is 9.59 Å². The predicted molar refractivity (Wildman–Crippen MR) is 62.5 cm³/mol. The zero-order chi connectivity index (χ0) is 12.4. The molecule has 92 valence electrons. The molecule has 1 aromatic heterocycles. The molecule has 0 unspecified atom stereocenters. The van der Waals surface area contributed by atoms with Crippen molar-refractivity contribution in [2.75, 3.05) is 0 Å². The van der Waals surface area contributed by atoms with Crippen LogP contribution in [0.2, 0.25) is 0 Å². The number of carbonyl (C=O) groups excluding carboxylic acids is 2. The molecule has 0 aliphatic heterocycles. The summed E-state index contributed by atoms with van der Waals surface area (Å²) in [6.45, 7) is 1.55. The van der Waals surface area contributed by atoms with Gasteiger partial charge in [0.1, 0.15) is 6.26 Å². The summed E-state index contributed by atoms with van der Waals surface area (Å²) in [4.78, 5) is 23.1. The minimum Gasteiger partial charge on any atom is -0.457 e. The van der Waals surface area contributed by atoms with Gasteiger partial charge in [0.05, 0.1) is 5.56 Å². The van der Waals surface area contributed by atoms with E-state index < -0.39 is 12.1 Å². The van der Waals surface area contributed by atoms with Crippen molar-refractivity contribution in [2.24, 2.45) is 0 Å². The van der Waals surface area contributed by atoms with Crippen molar-refractivity contribution >= 4 is 27.8 Å². The number of halogens is 1. The van der Waals surface area contributed by atoms with E-state index >= 15 is 0 Å². The molecule has 1 atom stereocenters. The van der Waals surface area contributed by atoms with Crippen LogP contribution in [0.4, 0.5) is 0 Å². The first-order valence-electron chi connectivity index (χ1n) is 5.31. The fourth-order valence-corrected chi connectivity index (χ4v) is 1.59. The fourth-order valence-electron chi connectivity index (χ4n) is 1.25. The van der Waals surface area contributed by atoms with E-state index in [0.717, 1.165) is 12.8 Å². The second-order valence-corrected chi connectivity index (χ2v) is 4.75. The van der Waals surface area contributed by atoms with Crippen LogP contribution in [0.5, 0.6) is 0 Å². The Morgan fingerprint density at radius 2 is 2.29 bits per heavy atom. The van der Waals surface area contributed by atoms with E-state index in [2.05, 4.69) is 21.2 Å². The van der Waals surface area contributed by atoms with E-state index in [1.54, 1.807) is 6.92 Å². The molecule has 1 aromatic rings. The quantitative estimate of drug-likeness (QED) is 0.862. The van der Waals surface area contributed by atoms with Gasteiger partial charge < -0.3 is 14.5 Å². The lowest BCUT2D eigenvalue weighted by atomic mass is 10.3. The normalized spacial score (nSPS) is 16.4. The molecule has 1 amide bonds. The number of amides is 1. The standard InChI is InChI=1S/C11H12BrNO4/c1-6(10(14)13-8-2-3-8)17-11(15)7-4-9(12)16-5-7/h4-6,8H,2-3H2,1H3,(H,13,14)/t6-/m0/s1. The van der Waals surface area contributed by atoms with Crippen molar-refractivity contribution in [1.29, 1.82) is 0 Å². The zero-order valence-electron chi connectivity index (χ0n) is 9.23. The first-order chi connectivity index (χ1) is 8.06. The molecule has 0 saturated heterocycles. The molecule has 1 N–H and O–H groups in total. The molecular formula is C11H12BrNO4. The average molecular weight is 302 g/mol. The maximum Gasteiger partial charge on any atom is 0.342 e. The Morgan fingerprint density at radius 1 is 1.59 bits per heavy atom. The number of ether oxygens (including phenoxy) is 1. The molecule has 17 heavy (non-hydrogen) atoms. The van der Waals surface area contributed by atoms with Crippen LogP contribution in [0.1, 0.15) is 30.1 Å². The van der Waals surface area contributed by atoms with Crippen molar-refractivity contribution in [3.63, 3.8) is 0 Å². The molecule has 1 aliphatic rings. The summed E-state index contributed by atoms with van der Waals surface area (Å²) in [6.07, 6.45) is 2.48. The molecule has 0 radical (unpaired) electrons. The van der Waals surface area contributed by atoms with Crippen LogP contribution >= 0.6 is 15.9 Å². The minimum atomic E-state index is -0.795. The van der Waals surface area contributed by atoms with Gasteiger partial charge in [0, 0.05) is 12.1 Å². The molecular weight excluding hydrogens is 290 g/mol. The van der Waals surface area contributed by atoms with Gasteiger partial charge in [-0.25, -0.2) is 4.79 Å². The van der Waals surface area contributed by atoms with Gasteiger partial charge in [0.15, 0.2) is 10.8 Å². The number of furan rings is 1. The molecule has 1 saturated carbocycles. The Kier molecular flexibility index (Phi) is 3.51. The number of hydrogen-bond acceptors (Lipinski definition) is 4. The maximum atomic E-state index is 11.6. The van der Waals surface area contributed by atoms with Crippen LogP contribution in [-0.2, 0) is 9.53 Å². The molecule has 0 spiro atoms. The molecule has 5 nitrogen and oxygen atoms in total. The molecule has 1 heterocycles. The fraction of sp³-hybridized carbons (Fsp3) is 0.455. The van der Waals surface area contributed by atoms with Crippen LogP contribution in [0.3, 0.4) is 0 Å². The Balaban J connectivity index is 1.86.